The molecule has 1 N–H and O–H groups in total. The number of carbonyl (C=O) groups is 1. The molecule has 6 nitrogen and oxygen atoms in total. The van der Waals surface area contributed by atoms with Gasteiger partial charge in [0.15, 0.2) is 0 Å². The molecule has 0 aromatic heterocycles. The number of hydrogen-bond acceptors (Lipinski definition) is 5. The molecule has 0 aliphatic carbocycles. The van der Waals surface area contributed by atoms with Gasteiger partial charge in [-0.05, 0) is 30.3 Å². The van der Waals surface area contributed by atoms with Crippen molar-refractivity contribution in [1.29, 1.82) is 5.26 Å². The number of nitrogens with one attached hydrogen (secondary N) is 1. The molecule has 0 heterocycles. The standard InChI is InChI=1S/C15H11FN2O4S/c1-23(20,21)18-15(19)10-5-6-14(11(7-10)9-17)22-13-4-2-3-12(16)8-13/h2-8H,1H3,(H,18,19). The van der Waals surface area contributed by atoms with Crippen molar-refractivity contribution in [1.82, 2.24) is 4.72 Å². The first-order valence-electron chi connectivity index (χ1n) is 6.28. The van der Waals surface area contributed by atoms with Crippen LogP contribution in [0.15, 0.2) is 42.5 Å². The van der Waals surface area contributed by atoms with Crippen LogP contribution in [-0.4, -0.2) is 20.6 Å². The van der Waals surface area contributed by atoms with Gasteiger partial charge < -0.3 is 4.74 Å². The van der Waals surface area contributed by atoms with Crippen LogP contribution in [0.5, 0.6) is 11.5 Å². The van der Waals surface area contributed by atoms with Crippen molar-refractivity contribution >= 4 is 15.9 Å². The predicted molar refractivity (Wildman–Crippen MR) is 79.9 cm³/mol. The molecule has 0 bridgehead atoms. The van der Waals surface area contributed by atoms with Crippen LogP contribution in [0.1, 0.15) is 15.9 Å². The Kier molecular flexibility index (Phi) is 4.62. The van der Waals surface area contributed by atoms with E-state index in [9.17, 15) is 17.6 Å². The Hall–Kier alpha value is -2.92. The molecule has 0 radical (unpaired) electrons. The molecule has 0 aliphatic rings. The lowest BCUT2D eigenvalue weighted by atomic mass is 10.1. The Morgan fingerprint density at radius 3 is 2.61 bits per heavy atom. The number of carbonyl (C=O) groups excluding carboxylic acids is 1. The van der Waals surface area contributed by atoms with E-state index in [1.54, 1.807) is 4.72 Å². The third-order valence-electron chi connectivity index (χ3n) is 2.66. The van der Waals surface area contributed by atoms with Crippen molar-refractivity contribution in [2.45, 2.75) is 0 Å². The van der Waals surface area contributed by atoms with Crippen LogP contribution in [0.2, 0.25) is 0 Å². The van der Waals surface area contributed by atoms with Crippen molar-refractivity contribution < 1.29 is 22.3 Å². The second-order valence-corrected chi connectivity index (χ2v) is 6.33. The van der Waals surface area contributed by atoms with Crippen LogP contribution in [-0.2, 0) is 10.0 Å². The fraction of sp³-hybridized carbons (Fsp3) is 0.0667. The molecular formula is C15H11FN2O4S. The van der Waals surface area contributed by atoms with Crippen molar-refractivity contribution in [2.24, 2.45) is 0 Å². The smallest absolute Gasteiger partial charge is 0.264 e. The minimum absolute atomic E-state index is 0.00964. The molecule has 0 aliphatic heterocycles. The molecule has 0 atom stereocenters. The summed E-state index contributed by atoms with van der Waals surface area (Å²) in [5.41, 5.74) is -0.00557. The van der Waals surface area contributed by atoms with Gasteiger partial charge in [-0.3, -0.25) is 4.79 Å². The van der Waals surface area contributed by atoms with E-state index < -0.39 is 21.7 Å². The SMILES string of the molecule is CS(=O)(=O)NC(=O)c1ccc(Oc2cccc(F)c2)c(C#N)c1. The summed E-state index contributed by atoms with van der Waals surface area (Å²) >= 11 is 0. The highest BCUT2D eigenvalue weighted by atomic mass is 32.2. The lowest BCUT2D eigenvalue weighted by Gasteiger charge is -2.09. The van der Waals surface area contributed by atoms with E-state index in [4.69, 9.17) is 10.00 Å². The Bertz CT molecular complexity index is 904. The van der Waals surface area contributed by atoms with Crippen LogP contribution < -0.4 is 9.46 Å². The third kappa shape index (κ3) is 4.52. The highest BCUT2D eigenvalue weighted by molar-refractivity contribution is 7.89. The number of nitrogens with zero attached hydrogens (tertiary/aromatic N) is 1. The van der Waals surface area contributed by atoms with E-state index in [0.717, 1.165) is 12.3 Å². The fourth-order valence-corrected chi connectivity index (χ4v) is 2.19. The maximum Gasteiger partial charge on any atom is 0.264 e. The quantitative estimate of drug-likeness (QED) is 0.924. The summed E-state index contributed by atoms with van der Waals surface area (Å²) in [6.45, 7) is 0. The molecule has 0 saturated heterocycles. The lowest BCUT2D eigenvalue weighted by Crippen LogP contribution is -2.29. The largest absolute Gasteiger partial charge is 0.456 e. The average molecular weight is 334 g/mol. The van der Waals surface area contributed by atoms with Gasteiger partial charge >= 0.3 is 0 Å². The van der Waals surface area contributed by atoms with E-state index in [1.165, 1.54) is 36.4 Å². The topological polar surface area (TPSA) is 96.3 Å². The van der Waals surface area contributed by atoms with Gasteiger partial charge in [-0.1, -0.05) is 6.07 Å². The monoisotopic (exact) mass is 334 g/mol. The summed E-state index contributed by atoms with van der Waals surface area (Å²) in [5.74, 6) is -1.05. The van der Waals surface area contributed by atoms with Crippen molar-refractivity contribution in [3.8, 4) is 17.6 Å². The summed E-state index contributed by atoms with van der Waals surface area (Å²) in [6.07, 6.45) is 0.845. The van der Waals surface area contributed by atoms with E-state index in [1.807, 2.05) is 6.07 Å². The van der Waals surface area contributed by atoms with Gasteiger partial charge in [0, 0.05) is 11.6 Å². The van der Waals surface area contributed by atoms with Gasteiger partial charge in [-0.2, -0.15) is 5.26 Å². The maximum absolute atomic E-state index is 13.1. The molecule has 2 aromatic carbocycles. The van der Waals surface area contributed by atoms with Gasteiger partial charge in [0.2, 0.25) is 10.0 Å². The predicted octanol–water partition coefficient (Wildman–Crippen LogP) is 2.18. The van der Waals surface area contributed by atoms with Crippen LogP contribution in [0.4, 0.5) is 4.39 Å². The van der Waals surface area contributed by atoms with Crippen LogP contribution in [0.3, 0.4) is 0 Å². The second-order valence-electron chi connectivity index (χ2n) is 4.59. The zero-order valence-electron chi connectivity index (χ0n) is 11.9. The van der Waals surface area contributed by atoms with E-state index in [-0.39, 0.29) is 22.6 Å². The molecule has 0 unspecified atom stereocenters. The first-order chi connectivity index (χ1) is 10.8. The average Bonchev–Trinajstić information content (AvgIpc) is 2.46. The van der Waals surface area contributed by atoms with Crippen LogP contribution >= 0.6 is 0 Å². The summed E-state index contributed by atoms with van der Waals surface area (Å²) in [4.78, 5) is 11.8. The maximum atomic E-state index is 13.1. The van der Waals surface area contributed by atoms with Crippen molar-refractivity contribution in [3.63, 3.8) is 0 Å². The van der Waals surface area contributed by atoms with E-state index >= 15 is 0 Å². The normalized spacial score (nSPS) is 10.7. The van der Waals surface area contributed by atoms with Gasteiger partial charge in [0.05, 0.1) is 11.8 Å². The Balaban J connectivity index is 2.30. The molecule has 2 rings (SSSR count). The lowest BCUT2D eigenvalue weighted by molar-refractivity contribution is 0.0981. The van der Waals surface area contributed by atoms with Gasteiger partial charge in [0.25, 0.3) is 5.91 Å². The summed E-state index contributed by atoms with van der Waals surface area (Å²) in [5, 5.41) is 9.14. The number of halogens is 1. The molecule has 0 fully saturated rings. The molecule has 2 aromatic rings. The number of rotatable bonds is 4. The van der Waals surface area contributed by atoms with Gasteiger partial charge in [0.1, 0.15) is 23.4 Å². The number of benzene rings is 2. The first kappa shape index (κ1) is 16.5. The number of sulfonamides is 1. The van der Waals surface area contributed by atoms with Crippen LogP contribution in [0, 0.1) is 17.1 Å². The van der Waals surface area contributed by atoms with Gasteiger partial charge in [-0.15, -0.1) is 0 Å². The van der Waals surface area contributed by atoms with Crippen LogP contribution in [0.25, 0.3) is 0 Å². The van der Waals surface area contributed by atoms with E-state index in [0.29, 0.717) is 0 Å². The minimum atomic E-state index is -3.71. The van der Waals surface area contributed by atoms with Gasteiger partial charge in [-0.25, -0.2) is 17.5 Å². The molecule has 1 amide bonds. The van der Waals surface area contributed by atoms with E-state index in [2.05, 4.69) is 0 Å². The number of ether oxygens (including phenoxy) is 1. The molecule has 118 valence electrons. The van der Waals surface area contributed by atoms with Crippen molar-refractivity contribution in [3.05, 3.63) is 59.4 Å². The number of amides is 1. The fourth-order valence-electron chi connectivity index (χ4n) is 1.73. The third-order valence-corrected chi connectivity index (χ3v) is 3.22. The zero-order valence-corrected chi connectivity index (χ0v) is 12.7. The van der Waals surface area contributed by atoms with Crippen molar-refractivity contribution in [2.75, 3.05) is 6.26 Å². The second kappa shape index (κ2) is 6.46. The first-order valence-corrected chi connectivity index (χ1v) is 8.17. The summed E-state index contributed by atoms with van der Waals surface area (Å²) in [7, 11) is -3.71. The molecule has 23 heavy (non-hydrogen) atoms. The Morgan fingerprint density at radius 1 is 1.26 bits per heavy atom. The summed E-state index contributed by atoms with van der Waals surface area (Å²) in [6, 6.07) is 11.0. The molecule has 0 spiro atoms. The number of hydrogen-bond donors (Lipinski definition) is 1. The highest BCUT2D eigenvalue weighted by Crippen LogP contribution is 2.26. The molecule has 0 saturated carbocycles. The highest BCUT2D eigenvalue weighted by Gasteiger charge is 2.14. The number of nitriles is 1. The minimum Gasteiger partial charge on any atom is -0.456 e. The Labute approximate surface area is 132 Å². The Morgan fingerprint density at radius 2 is 2.00 bits per heavy atom. The molecular weight excluding hydrogens is 323 g/mol. The zero-order chi connectivity index (χ0) is 17.0. The summed E-state index contributed by atoms with van der Waals surface area (Å²) < 4.78 is 42.4. The molecule has 8 heteroatoms.